The van der Waals surface area contributed by atoms with Crippen molar-refractivity contribution in [1.82, 2.24) is 4.90 Å². The minimum absolute atomic E-state index is 0.0959. The lowest BCUT2D eigenvalue weighted by molar-refractivity contribution is 0.0832. The average Bonchev–Trinajstić information content (AvgIpc) is 3.03. The van der Waals surface area contributed by atoms with Crippen molar-refractivity contribution in [3.8, 4) is 11.8 Å². The van der Waals surface area contributed by atoms with Crippen molar-refractivity contribution in [2.75, 3.05) is 6.61 Å². The van der Waals surface area contributed by atoms with E-state index in [1.807, 2.05) is 47.4 Å². The largest absolute Gasteiger partial charge is 0.493 e. The highest BCUT2D eigenvalue weighted by Gasteiger charge is 2.40. The van der Waals surface area contributed by atoms with Crippen molar-refractivity contribution in [2.24, 2.45) is 0 Å². The Morgan fingerprint density at radius 3 is 2.62 bits per heavy atom. The SMILES string of the molecule is N#CCCOc1ccc(C2=CC3CCC(C2)N3C(=O)OCc2ccccc2)cc1. The molecule has 2 unspecified atom stereocenters. The van der Waals surface area contributed by atoms with E-state index in [1.165, 1.54) is 5.57 Å². The summed E-state index contributed by atoms with van der Waals surface area (Å²) in [5, 5.41) is 8.59. The van der Waals surface area contributed by atoms with Crippen LogP contribution in [0.25, 0.3) is 5.57 Å². The minimum atomic E-state index is -0.224. The smallest absolute Gasteiger partial charge is 0.410 e. The predicted molar refractivity (Wildman–Crippen MR) is 110 cm³/mol. The number of carbonyl (C=O) groups is 1. The Balaban J connectivity index is 1.39. The van der Waals surface area contributed by atoms with Crippen LogP contribution in [0.4, 0.5) is 4.79 Å². The molecule has 29 heavy (non-hydrogen) atoms. The first-order valence-electron chi connectivity index (χ1n) is 10.0. The quantitative estimate of drug-likeness (QED) is 0.658. The fraction of sp³-hybridized carbons (Fsp3) is 0.333. The van der Waals surface area contributed by atoms with Gasteiger partial charge < -0.3 is 9.47 Å². The maximum absolute atomic E-state index is 12.7. The standard InChI is InChI=1S/C24H24N2O3/c25-13-4-14-28-23-11-7-19(8-12-23)20-15-21-9-10-22(16-20)26(21)24(27)29-17-18-5-2-1-3-6-18/h1-3,5-8,11-12,15,21-22H,4,9-10,14,16-17H2. The first-order valence-corrected chi connectivity index (χ1v) is 10.0. The first-order chi connectivity index (χ1) is 14.2. The van der Waals surface area contributed by atoms with Crippen LogP contribution in [0.15, 0.2) is 60.7 Å². The van der Waals surface area contributed by atoms with Crippen LogP contribution in [-0.4, -0.2) is 29.7 Å². The zero-order valence-electron chi connectivity index (χ0n) is 16.3. The Labute approximate surface area is 171 Å². The second-order valence-electron chi connectivity index (χ2n) is 7.42. The Kier molecular flexibility index (Phi) is 5.81. The molecule has 0 N–H and O–H groups in total. The van der Waals surface area contributed by atoms with Crippen LogP contribution in [0.3, 0.4) is 0 Å². The van der Waals surface area contributed by atoms with E-state index in [2.05, 4.69) is 24.3 Å². The number of fused-ring (bicyclic) bond motifs is 2. The van der Waals surface area contributed by atoms with Gasteiger partial charge in [0.2, 0.25) is 0 Å². The molecule has 0 spiro atoms. The number of hydrogen-bond acceptors (Lipinski definition) is 4. The number of hydrogen-bond donors (Lipinski definition) is 0. The van der Waals surface area contributed by atoms with E-state index in [9.17, 15) is 4.79 Å². The lowest BCUT2D eigenvalue weighted by atomic mass is 9.95. The summed E-state index contributed by atoms with van der Waals surface area (Å²) in [5.41, 5.74) is 3.43. The third-order valence-electron chi connectivity index (χ3n) is 5.52. The van der Waals surface area contributed by atoms with Crippen molar-refractivity contribution < 1.29 is 14.3 Å². The van der Waals surface area contributed by atoms with Crippen LogP contribution in [0.2, 0.25) is 0 Å². The number of nitrogens with zero attached hydrogens (tertiary/aromatic N) is 2. The molecule has 0 saturated carbocycles. The Bertz CT molecular complexity index is 915. The van der Waals surface area contributed by atoms with E-state index >= 15 is 0 Å². The van der Waals surface area contributed by atoms with Crippen LogP contribution in [0.1, 0.15) is 36.8 Å². The number of nitriles is 1. The Morgan fingerprint density at radius 1 is 1.10 bits per heavy atom. The molecule has 0 aliphatic carbocycles. The second-order valence-corrected chi connectivity index (χ2v) is 7.42. The summed E-state index contributed by atoms with van der Waals surface area (Å²) in [4.78, 5) is 14.6. The van der Waals surface area contributed by atoms with Gasteiger partial charge in [0.05, 0.1) is 18.5 Å². The molecular weight excluding hydrogens is 364 g/mol. The van der Waals surface area contributed by atoms with Gasteiger partial charge in [-0.2, -0.15) is 5.26 Å². The van der Waals surface area contributed by atoms with Gasteiger partial charge in [-0.05, 0) is 48.1 Å². The fourth-order valence-electron chi connectivity index (χ4n) is 4.10. The molecule has 2 bridgehead atoms. The Hall–Kier alpha value is -3.26. The van der Waals surface area contributed by atoms with Crippen molar-refractivity contribution in [2.45, 2.75) is 44.4 Å². The zero-order valence-corrected chi connectivity index (χ0v) is 16.3. The monoisotopic (exact) mass is 388 g/mol. The van der Waals surface area contributed by atoms with Crippen molar-refractivity contribution in [3.63, 3.8) is 0 Å². The summed E-state index contributed by atoms with van der Waals surface area (Å²) in [6.45, 7) is 0.711. The average molecular weight is 388 g/mol. The number of amides is 1. The van der Waals surface area contributed by atoms with Gasteiger partial charge in [-0.1, -0.05) is 48.5 Å². The van der Waals surface area contributed by atoms with E-state index in [1.54, 1.807) is 0 Å². The highest BCUT2D eigenvalue weighted by Crippen LogP contribution is 2.39. The second kappa shape index (κ2) is 8.83. The van der Waals surface area contributed by atoms with Crippen molar-refractivity contribution >= 4 is 11.7 Å². The molecule has 2 heterocycles. The molecule has 0 aromatic heterocycles. The minimum Gasteiger partial charge on any atom is -0.493 e. The zero-order chi connectivity index (χ0) is 20.1. The van der Waals surface area contributed by atoms with E-state index in [0.717, 1.165) is 36.1 Å². The highest BCUT2D eigenvalue weighted by molar-refractivity contribution is 5.75. The van der Waals surface area contributed by atoms with Crippen LogP contribution in [0.5, 0.6) is 5.75 Å². The molecule has 148 valence electrons. The molecule has 1 fully saturated rings. The summed E-state index contributed by atoms with van der Waals surface area (Å²) < 4.78 is 11.1. The van der Waals surface area contributed by atoms with Gasteiger partial charge in [0, 0.05) is 6.04 Å². The Morgan fingerprint density at radius 2 is 1.90 bits per heavy atom. The molecule has 1 saturated heterocycles. The topological polar surface area (TPSA) is 62.6 Å². The first kappa shape index (κ1) is 19.1. The maximum Gasteiger partial charge on any atom is 0.410 e. The van der Waals surface area contributed by atoms with Gasteiger partial charge in [0.1, 0.15) is 19.0 Å². The number of rotatable bonds is 6. The highest BCUT2D eigenvalue weighted by atomic mass is 16.6. The lowest BCUT2D eigenvalue weighted by Crippen LogP contribution is -2.43. The predicted octanol–water partition coefficient (Wildman–Crippen LogP) is 4.94. The third kappa shape index (κ3) is 4.43. The van der Waals surface area contributed by atoms with Crippen LogP contribution in [-0.2, 0) is 11.3 Å². The molecule has 5 heteroatoms. The number of ether oxygens (including phenoxy) is 2. The maximum atomic E-state index is 12.7. The third-order valence-corrected chi connectivity index (χ3v) is 5.52. The summed E-state index contributed by atoms with van der Waals surface area (Å²) in [5.74, 6) is 0.773. The van der Waals surface area contributed by atoms with Gasteiger partial charge in [0.15, 0.2) is 0 Å². The summed E-state index contributed by atoms with van der Waals surface area (Å²) in [6, 6.07) is 20.1. The van der Waals surface area contributed by atoms with Crippen molar-refractivity contribution in [3.05, 3.63) is 71.8 Å². The normalized spacial score (nSPS) is 20.0. The molecule has 0 radical (unpaired) electrons. The molecular formula is C24H24N2O3. The van der Waals surface area contributed by atoms with Crippen LogP contribution in [0, 0.1) is 11.3 Å². The van der Waals surface area contributed by atoms with Gasteiger partial charge in [-0.3, -0.25) is 4.90 Å². The summed E-state index contributed by atoms with van der Waals surface area (Å²) in [7, 11) is 0. The van der Waals surface area contributed by atoms with Crippen LogP contribution >= 0.6 is 0 Å². The molecule has 2 aliphatic heterocycles. The summed E-state index contributed by atoms with van der Waals surface area (Å²) >= 11 is 0. The summed E-state index contributed by atoms with van der Waals surface area (Å²) in [6.07, 6.45) is 5.18. The molecule has 2 aliphatic rings. The van der Waals surface area contributed by atoms with Gasteiger partial charge in [-0.25, -0.2) is 4.79 Å². The number of carbonyl (C=O) groups excluding carboxylic acids is 1. The van der Waals surface area contributed by atoms with Gasteiger partial charge in [-0.15, -0.1) is 0 Å². The number of benzene rings is 2. The molecule has 5 nitrogen and oxygen atoms in total. The molecule has 2 aromatic rings. The van der Waals surface area contributed by atoms with Gasteiger partial charge in [0.25, 0.3) is 0 Å². The van der Waals surface area contributed by atoms with E-state index in [0.29, 0.717) is 19.6 Å². The molecule has 1 amide bonds. The lowest BCUT2D eigenvalue weighted by Gasteiger charge is -2.33. The van der Waals surface area contributed by atoms with E-state index in [-0.39, 0.29) is 18.2 Å². The molecule has 4 rings (SSSR count). The van der Waals surface area contributed by atoms with Crippen molar-refractivity contribution in [1.29, 1.82) is 5.26 Å². The van der Waals surface area contributed by atoms with E-state index in [4.69, 9.17) is 14.7 Å². The molecule has 2 aromatic carbocycles. The van der Waals surface area contributed by atoms with Crippen LogP contribution < -0.4 is 4.74 Å². The van der Waals surface area contributed by atoms with E-state index < -0.39 is 0 Å². The molecule has 2 atom stereocenters. The fourth-order valence-corrected chi connectivity index (χ4v) is 4.10. The van der Waals surface area contributed by atoms with Gasteiger partial charge >= 0.3 is 6.09 Å².